The predicted octanol–water partition coefficient (Wildman–Crippen LogP) is 5.01. The summed E-state index contributed by atoms with van der Waals surface area (Å²) in [5, 5.41) is 6.79. The van der Waals surface area contributed by atoms with Crippen LogP contribution in [0.5, 0.6) is 5.75 Å². The molecule has 36 heavy (non-hydrogen) atoms. The number of nitrogens with one attached hydrogen (secondary N) is 2. The maximum atomic E-state index is 13.8. The number of carbonyl (C=O) groups is 2. The van der Waals surface area contributed by atoms with Gasteiger partial charge in [-0.05, 0) is 55.0 Å². The molecule has 9 heteroatoms. The summed E-state index contributed by atoms with van der Waals surface area (Å²) in [4.78, 5) is 32.0. The molecule has 3 aromatic rings. The number of nitrogens with zero attached hydrogens (tertiary/aromatic N) is 2. The molecule has 1 atom stereocenters. The fraction of sp³-hybridized carbons (Fsp3) is 0.444. The highest BCUT2D eigenvalue weighted by molar-refractivity contribution is 6.30. The Morgan fingerprint density at radius 3 is 2.81 bits per heavy atom. The normalized spacial score (nSPS) is 18.3. The third kappa shape index (κ3) is 5.43. The minimum atomic E-state index is -0.0320. The third-order valence-electron chi connectivity index (χ3n) is 7.10. The number of oxazole rings is 1. The minimum Gasteiger partial charge on any atom is -0.493 e. The fourth-order valence-electron chi connectivity index (χ4n) is 5.17. The number of benzene rings is 2. The summed E-state index contributed by atoms with van der Waals surface area (Å²) in [7, 11) is 1.56. The van der Waals surface area contributed by atoms with Gasteiger partial charge in [0.25, 0.3) is 11.9 Å². The zero-order valence-corrected chi connectivity index (χ0v) is 21.1. The first-order valence-electron chi connectivity index (χ1n) is 12.5. The van der Waals surface area contributed by atoms with Gasteiger partial charge in [-0.1, -0.05) is 36.6 Å². The maximum absolute atomic E-state index is 13.8. The van der Waals surface area contributed by atoms with E-state index < -0.39 is 0 Å². The molecule has 1 aliphatic carbocycles. The Kier molecular flexibility index (Phi) is 7.32. The van der Waals surface area contributed by atoms with E-state index in [-0.39, 0.29) is 23.8 Å². The number of piperidine rings is 1. The molecule has 190 valence electrons. The number of aromatic nitrogens is 1. The van der Waals surface area contributed by atoms with Crippen molar-refractivity contribution in [2.24, 2.45) is 5.92 Å². The third-order valence-corrected chi connectivity index (χ3v) is 7.34. The van der Waals surface area contributed by atoms with E-state index in [1.165, 1.54) is 0 Å². The van der Waals surface area contributed by atoms with Gasteiger partial charge in [-0.3, -0.25) is 9.59 Å². The molecule has 2 aromatic carbocycles. The second-order valence-corrected chi connectivity index (χ2v) is 10.1. The molecule has 1 aliphatic heterocycles. The summed E-state index contributed by atoms with van der Waals surface area (Å²) in [6.07, 6.45) is 5.58. The van der Waals surface area contributed by atoms with Gasteiger partial charge in [0.05, 0.1) is 7.11 Å². The van der Waals surface area contributed by atoms with Crippen molar-refractivity contribution >= 4 is 40.5 Å². The molecule has 0 spiro atoms. The predicted molar refractivity (Wildman–Crippen MR) is 138 cm³/mol. The molecule has 2 N–H and O–H groups in total. The molecular weight excluding hydrogens is 480 g/mol. The summed E-state index contributed by atoms with van der Waals surface area (Å²) in [6.45, 7) is 1.74. The van der Waals surface area contributed by atoms with Gasteiger partial charge < -0.3 is 24.7 Å². The van der Waals surface area contributed by atoms with Crippen LogP contribution in [0.25, 0.3) is 11.1 Å². The number of methoxy groups -OCH3 is 1. The number of fused-ring (bicyclic) bond motifs is 1. The van der Waals surface area contributed by atoms with E-state index in [9.17, 15) is 9.59 Å². The lowest BCUT2D eigenvalue weighted by molar-refractivity contribution is -0.123. The first kappa shape index (κ1) is 24.4. The molecular formula is C27H31ClN4O4. The Morgan fingerprint density at radius 1 is 1.25 bits per heavy atom. The number of ether oxygens (including phenoxy) is 1. The van der Waals surface area contributed by atoms with Crippen LogP contribution in [-0.4, -0.2) is 47.9 Å². The zero-order chi connectivity index (χ0) is 25.1. The topological polar surface area (TPSA) is 96.7 Å². The summed E-state index contributed by atoms with van der Waals surface area (Å²) < 4.78 is 11.5. The SMILES string of the molecule is COc1cc(C(=O)N(CC2CCC(=O)NC2)C2CCCC2)cc2nc(NCc3cccc(Cl)c3)oc12. The first-order chi connectivity index (χ1) is 17.5. The van der Waals surface area contributed by atoms with Crippen LogP contribution in [0.3, 0.4) is 0 Å². The van der Waals surface area contributed by atoms with Gasteiger partial charge in [0.1, 0.15) is 5.52 Å². The molecule has 5 rings (SSSR count). The van der Waals surface area contributed by atoms with E-state index >= 15 is 0 Å². The Bertz CT molecular complexity index is 1240. The van der Waals surface area contributed by atoms with E-state index in [0.717, 1.165) is 37.7 Å². The summed E-state index contributed by atoms with van der Waals surface area (Å²) in [5.41, 5.74) is 2.58. The molecule has 2 fully saturated rings. The average molecular weight is 511 g/mol. The Labute approximate surface area is 215 Å². The summed E-state index contributed by atoms with van der Waals surface area (Å²) in [5.74, 6) is 0.782. The largest absolute Gasteiger partial charge is 0.493 e. The Hall–Kier alpha value is -3.26. The van der Waals surface area contributed by atoms with Crippen LogP contribution < -0.4 is 15.4 Å². The molecule has 1 saturated heterocycles. The van der Waals surface area contributed by atoms with Crippen molar-refractivity contribution in [1.29, 1.82) is 0 Å². The first-order valence-corrected chi connectivity index (χ1v) is 12.9. The van der Waals surface area contributed by atoms with Crippen molar-refractivity contribution in [3.63, 3.8) is 0 Å². The molecule has 0 radical (unpaired) electrons. The summed E-state index contributed by atoms with van der Waals surface area (Å²) >= 11 is 6.08. The minimum absolute atomic E-state index is 0.0320. The number of hydrogen-bond donors (Lipinski definition) is 2. The second kappa shape index (κ2) is 10.8. The lowest BCUT2D eigenvalue weighted by Crippen LogP contribution is -2.46. The smallest absolute Gasteiger partial charge is 0.296 e. The van der Waals surface area contributed by atoms with Crippen molar-refractivity contribution < 1.29 is 18.7 Å². The highest BCUT2D eigenvalue weighted by atomic mass is 35.5. The molecule has 1 unspecified atom stereocenters. The van der Waals surface area contributed by atoms with E-state index in [4.69, 9.17) is 20.8 Å². The number of hydrogen-bond acceptors (Lipinski definition) is 6. The number of amides is 2. The van der Waals surface area contributed by atoms with Gasteiger partial charge >= 0.3 is 0 Å². The Morgan fingerprint density at radius 2 is 2.08 bits per heavy atom. The van der Waals surface area contributed by atoms with Gasteiger partial charge in [-0.25, -0.2) is 0 Å². The lowest BCUT2D eigenvalue weighted by Gasteiger charge is -2.34. The number of halogens is 1. The molecule has 2 aliphatic rings. The van der Waals surface area contributed by atoms with Gasteiger partial charge in [0, 0.05) is 42.7 Å². The quantitative estimate of drug-likeness (QED) is 0.442. The van der Waals surface area contributed by atoms with Crippen LogP contribution in [0.1, 0.15) is 54.4 Å². The standard InChI is InChI=1S/C27H31ClN4O4/c1-35-23-13-19(12-22-25(23)36-27(31-22)30-14-17-5-4-6-20(28)11-17)26(34)32(21-7-2-3-8-21)16-18-9-10-24(33)29-15-18/h4-6,11-13,18,21H,2-3,7-10,14-16H2,1H3,(H,29,33)(H,30,31). The van der Waals surface area contributed by atoms with Gasteiger partial charge in [-0.2, -0.15) is 4.98 Å². The average Bonchev–Trinajstić information content (AvgIpc) is 3.56. The molecule has 1 aromatic heterocycles. The monoisotopic (exact) mass is 510 g/mol. The second-order valence-electron chi connectivity index (χ2n) is 9.63. The van der Waals surface area contributed by atoms with Crippen LogP contribution in [0.4, 0.5) is 6.01 Å². The van der Waals surface area contributed by atoms with Crippen molar-refractivity contribution in [3.8, 4) is 5.75 Å². The van der Waals surface area contributed by atoms with Crippen molar-refractivity contribution in [1.82, 2.24) is 15.2 Å². The molecule has 8 nitrogen and oxygen atoms in total. The van der Waals surface area contributed by atoms with Gasteiger partial charge in [0.15, 0.2) is 11.3 Å². The van der Waals surface area contributed by atoms with Crippen LogP contribution >= 0.6 is 11.6 Å². The van der Waals surface area contributed by atoms with E-state index in [1.54, 1.807) is 19.2 Å². The zero-order valence-electron chi connectivity index (χ0n) is 20.4. The highest BCUT2D eigenvalue weighted by Crippen LogP contribution is 2.33. The molecule has 0 bridgehead atoms. The molecule has 1 saturated carbocycles. The van der Waals surface area contributed by atoms with Gasteiger partial charge in [0.2, 0.25) is 5.91 Å². The Balaban J connectivity index is 1.38. The summed E-state index contributed by atoms with van der Waals surface area (Å²) in [6, 6.07) is 11.6. The van der Waals surface area contributed by atoms with Crippen molar-refractivity contribution in [2.45, 2.75) is 51.1 Å². The van der Waals surface area contributed by atoms with Gasteiger partial charge in [-0.15, -0.1) is 0 Å². The molecule has 2 amide bonds. The van der Waals surface area contributed by atoms with Crippen LogP contribution in [-0.2, 0) is 11.3 Å². The van der Waals surface area contributed by atoms with Crippen molar-refractivity contribution in [2.75, 3.05) is 25.5 Å². The molecule has 2 heterocycles. The van der Waals surface area contributed by atoms with E-state index in [2.05, 4.69) is 15.6 Å². The number of rotatable bonds is 8. The lowest BCUT2D eigenvalue weighted by atomic mass is 9.97. The number of carbonyl (C=O) groups excluding carboxylic acids is 2. The van der Waals surface area contributed by atoms with E-state index in [0.29, 0.717) is 59.5 Å². The highest BCUT2D eigenvalue weighted by Gasteiger charge is 2.31. The van der Waals surface area contributed by atoms with E-state index in [1.807, 2.05) is 29.2 Å². The maximum Gasteiger partial charge on any atom is 0.296 e. The van der Waals surface area contributed by atoms with Crippen LogP contribution in [0.2, 0.25) is 5.02 Å². The fourth-order valence-corrected chi connectivity index (χ4v) is 5.39. The van der Waals surface area contributed by atoms with Crippen LogP contribution in [0, 0.1) is 5.92 Å². The van der Waals surface area contributed by atoms with Crippen LogP contribution in [0.15, 0.2) is 40.8 Å². The van der Waals surface area contributed by atoms with Crippen molar-refractivity contribution in [3.05, 3.63) is 52.5 Å². The number of anilines is 1.